The standard InChI is InChI=1S/C12H13BrN4O3/c1-20-10-3-2-7(4-8(10)13)6-17-9(5-14)11(12(18)19)15-16-17/h2-4H,5-6,14H2,1H3,(H,18,19). The smallest absolute Gasteiger partial charge is 0.358 e. The molecule has 7 nitrogen and oxygen atoms in total. The second-order valence-corrected chi connectivity index (χ2v) is 4.87. The van der Waals surface area contributed by atoms with Gasteiger partial charge in [0.25, 0.3) is 0 Å². The summed E-state index contributed by atoms with van der Waals surface area (Å²) in [5.74, 6) is -0.412. The van der Waals surface area contributed by atoms with E-state index in [0.717, 1.165) is 15.8 Å². The first-order valence-electron chi connectivity index (χ1n) is 5.75. The van der Waals surface area contributed by atoms with Gasteiger partial charge < -0.3 is 15.6 Å². The van der Waals surface area contributed by atoms with Crippen molar-refractivity contribution in [2.75, 3.05) is 7.11 Å². The minimum atomic E-state index is -1.13. The van der Waals surface area contributed by atoms with E-state index < -0.39 is 5.97 Å². The van der Waals surface area contributed by atoms with Crippen LogP contribution in [-0.2, 0) is 13.1 Å². The zero-order valence-electron chi connectivity index (χ0n) is 10.7. The lowest BCUT2D eigenvalue weighted by Crippen LogP contribution is -2.13. The summed E-state index contributed by atoms with van der Waals surface area (Å²) in [5.41, 5.74) is 6.78. The van der Waals surface area contributed by atoms with Crippen LogP contribution in [0.4, 0.5) is 0 Å². The summed E-state index contributed by atoms with van der Waals surface area (Å²) in [6.45, 7) is 0.446. The van der Waals surface area contributed by atoms with Gasteiger partial charge in [-0.2, -0.15) is 0 Å². The number of halogens is 1. The molecule has 0 saturated carbocycles. The lowest BCUT2D eigenvalue weighted by molar-refractivity contribution is 0.0689. The molecule has 0 saturated heterocycles. The number of aromatic carboxylic acids is 1. The van der Waals surface area contributed by atoms with Gasteiger partial charge in [-0.15, -0.1) is 5.10 Å². The van der Waals surface area contributed by atoms with Gasteiger partial charge in [-0.1, -0.05) is 11.3 Å². The van der Waals surface area contributed by atoms with Gasteiger partial charge in [-0.3, -0.25) is 0 Å². The van der Waals surface area contributed by atoms with E-state index in [9.17, 15) is 4.79 Å². The fourth-order valence-electron chi connectivity index (χ4n) is 1.81. The number of carboxylic acid groups (broad SMARTS) is 1. The predicted octanol–water partition coefficient (Wildman–Crippen LogP) is 1.25. The number of aromatic nitrogens is 3. The number of hydrogen-bond acceptors (Lipinski definition) is 5. The first-order chi connectivity index (χ1) is 9.56. The van der Waals surface area contributed by atoms with Crippen LogP contribution in [0.3, 0.4) is 0 Å². The van der Waals surface area contributed by atoms with Gasteiger partial charge in [-0.05, 0) is 33.6 Å². The molecular weight excluding hydrogens is 328 g/mol. The van der Waals surface area contributed by atoms with Crippen LogP contribution in [0.15, 0.2) is 22.7 Å². The highest BCUT2D eigenvalue weighted by molar-refractivity contribution is 9.10. The highest BCUT2D eigenvalue weighted by Gasteiger charge is 2.17. The highest BCUT2D eigenvalue weighted by atomic mass is 79.9. The first-order valence-corrected chi connectivity index (χ1v) is 6.54. The van der Waals surface area contributed by atoms with Crippen LogP contribution in [0.2, 0.25) is 0 Å². The van der Waals surface area contributed by atoms with Crippen LogP contribution in [0.5, 0.6) is 5.75 Å². The van der Waals surface area contributed by atoms with Crippen molar-refractivity contribution in [3.63, 3.8) is 0 Å². The summed E-state index contributed by atoms with van der Waals surface area (Å²) in [6.07, 6.45) is 0. The molecule has 0 atom stereocenters. The molecule has 0 aliphatic carbocycles. The number of benzene rings is 1. The van der Waals surface area contributed by atoms with Crippen molar-refractivity contribution in [1.29, 1.82) is 0 Å². The van der Waals surface area contributed by atoms with E-state index in [1.54, 1.807) is 7.11 Å². The average Bonchev–Trinajstić information content (AvgIpc) is 2.82. The normalized spacial score (nSPS) is 10.6. The molecule has 20 heavy (non-hydrogen) atoms. The Kier molecular flexibility index (Phi) is 4.35. The quantitative estimate of drug-likeness (QED) is 0.849. The van der Waals surface area contributed by atoms with Crippen molar-refractivity contribution in [2.45, 2.75) is 13.1 Å². The number of nitrogens with two attached hydrogens (primary N) is 1. The number of nitrogens with zero attached hydrogens (tertiary/aromatic N) is 3. The molecule has 0 aliphatic heterocycles. The largest absolute Gasteiger partial charge is 0.496 e. The van der Waals surface area contributed by atoms with Gasteiger partial charge in [0, 0.05) is 6.54 Å². The zero-order chi connectivity index (χ0) is 14.7. The molecule has 1 heterocycles. The molecule has 2 aromatic rings. The first kappa shape index (κ1) is 14.5. The molecule has 0 aliphatic rings. The maximum atomic E-state index is 11.0. The lowest BCUT2D eigenvalue weighted by Gasteiger charge is -2.08. The Labute approximate surface area is 123 Å². The molecule has 1 aromatic carbocycles. The van der Waals surface area contributed by atoms with E-state index in [4.69, 9.17) is 15.6 Å². The zero-order valence-corrected chi connectivity index (χ0v) is 12.3. The van der Waals surface area contributed by atoms with E-state index in [-0.39, 0.29) is 12.2 Å². The van der Waals surface area contributed by atoms with Gasteiger partial charge in [0.1, 0.15) is 5.75 Å². The van der Waals surface area contributed by atoms with Crippen molar-refractivity contribution in [2.24, 2.45) is 5.73 Å². The molecule has 1 aromatic heterocycles. The second kappa shape index (κ2) is 6.02. The molecule has 8 heteroatoms. The minimum absolute atomic E-state index is 0.0615. The van der Waals surface area contributed by atoms with Gasteiger partial charge in [0.2, 0.25) is 0 Å². The number of rotatable bonds is 5. The van der Waals surface area contributed by atoms with Gasteiger partial charge in [0.15, 0.2) is 5.69 Å². The third kappa shape index (κ3) is 2.81. The summed E-state index contributed by atoms with van der Waals surface area (Å²) in [7, 11) is 1.59. The number of carbonyl (C=O) groups is 1. The molecule has 0 radical (unpaired) electrons. The second-order valence-electron chi connectivity index (χ2n) is 4.02. The Bertz CT molecular complexity index is 642. The Hall–Kier alpha value is -1.93. The molecule has 0 amide bonds. The van der Waals surface area contributed by atoms with E-state index >= 15 is 0 Å². The topological polar surface area (TPSA) is 103 Å². The third-order valence-corrected chi connectivity index (χ3v) is 3.40. The van der Waals surface area contributed by atoms with Crippen LogP contribution in [-0.4, -0.2) is 33.2 Å². The van der Waals surface area contributed by atoms with Crippen molar-refractivity contribution in [3.05, 3.63) is 39.6 Å². The molecule has 0 unspecified atom stereocenters. The summed E-state index contributed by atoms with van der Waals surface area (Å²) >= 11 is 3.40. The molecule has 106 valence electrons. The third-order valence-electron chi connectivity index (χ3n) is 2.78. The van der Waals surface area contributed by atoms with E-state index in [1.807, 2.05) is 18.2 Å². The molecule has 2 rings (SSSR count). The summed E-state index contributed by atoms with van der Waals surface area (Å²) in [5, 5.41) is 16.5. The Morgan fingerprint density at radius 1 is 1.55 bits per heavy atom. The van der Waals surface area contributed by atoms with Crippen LogP contribution in [0, 0.1) is 0 Å². The molecule has 0 bridgehead atoms. The van der Waals surface area contributed by atoms with Crippen molar-refractivity contribution < 1.29 is 14.6 Å². The maximum absolute atomic E-state index is 11.0. The van der Waals surface area contributed by atoms with E-state index in [2.05, 4.69) is 26.2 Å². The average molecular weight is 341 g/mol. The van der Waals surface area contributed by atoms with E-state index in [0.29, 0.717) is 12.2 Å². The Morgan fingerprint density at radius 3 is 2.85 bits per heavy atom. The number of ether oxygens (including phenoxy) is 1. The van der Waals surface area contributed by atoms with Crippen molar-refractivity contribution in [3.8, 4) is 5.75 Å². The molecular formula is C12H13BrN4O3. The monoisotopic (exact) mass is 340 g/mol. The lowest BCUT2D eigenvalue weighted by atomic mass is 10.2. The van der Waals surface area contributed by atoms with E-state index in [1.165, 1.54) is 4.68 Å². The molecule has 0 fully saturated rings. The van der Waals surface area contributed by atoms with Gasteiger partial charge in [-0.25, -0.2) is 9.48 Å². The van der Waals surface area contributed by atoms with Crippen LogP contribution in [0.25, 0.3) is 0 Å². The number of hydrogen-bond donors (Lipinski definition) is 2. The van der Waals surface area contributed by atoms with Crippen molar-refractivity contribution in [1.82, 2.24) is 15.0 Å². The fraction of sp³-hybridized carbons (Fsp3) is 0.250. The minimum Gasteiger partial charge on any atom is -0.496 e. The van der Waals surface area contributed by atoms with Crippen LogP contribution in [0.1, 0.15) is 21.7 Å². The Morgan fingerprint density at radius 2 is 2.30 bits per heavy atom. The summed E-state index contributed by atoms with van der Waals surface area (Å²) in [4.78, 5) is 11.0. The predicted molar refractivity (Wildman–Crippen MR) is 74.7 cm³/mol. The van der Waals surface area contributed by atoms with Gasteiger partial charge >= 0.3 is 5.97 Å². The summed E-state index contributed by atoms with van der Waals surface area (Å²) < 4.78 is 7.45. The SMILES string of the molecule is COc1ccc(Cn2nnc(C(=O)O)c2CN)cc1Br. The molecule has 0 spiro atoms. The summed E-state index contributed by atoms with van der Waals surface area (Å²) in [6, 6.07) is 5.56. The number of methoxy groups -OCH3 is 1. The molecule has 3 N–H and O–H groups in total. The van der Waals surface area contributed by atoms with Gasteiger partial charge in [0.05, 0.1) is 23.8 Å². The van der Waals surface area contributed by atoms with Crippen LogP contribution >= 0.6 is 15.9 Å². The van der Waals surface area contributed by atoms with Crippen LogP contribution < -0.4 is 10.5 Å². The van der Waals surface area contributed by atoms with Crippen molar-refractivity contribution >= 4 is 21.9 Å². The number of carboxylic acids is 1. The Balaban J connectivity index is 2.30. The highest BCUT2D eigenvalue weighted by Crippen LogP contribution is 2.26. The maximum Gasteiger partial charge on any atom is 0.358 e. The fourth-order valence-corrected chi connectivity index (χ4v) is 2.40.